The Bertz CT molecular complexity index is 688. The molecule has 3 heteroatoms. The van der Waals surface area contributed by atoms with Crippen molar-refractivity contribution in [2.75, 3.05) is 0 Å². The van der Waals surface area contributed by atoms with Gasteiger partial charge in [0.15, 0.2) is 11.6 Å². The van der Waals surface area contributed by atoms with Crippen LogP contribution >= 0.6 is 0 Å². The second kappa shape index (κ2) is 9.16. The van der Waals surface area contributed by atoms with Crippen LogP contribution < -0.4 is 4.74 Å². The minimum absolute atomic E-state index is 0.0841. The molecule has 1 fully saturated rings. The van der Waals surface area contributed by atoms with Crippen LogP contribution in [-0.4, -0.2) is 0 Å². The van der Waals surface area contributed by atoms with Gasteiger partial charge in [0.25, 0.3) is 0 Å². The summed E-state index contributed by atoms with van der Waals surface area (Å²) in [5, 5.41) is 0. The average Bonchev–Trinajstić information content (AvgIpc) is 2.66. The van der Waals surface area contributed by atoms with E-state index in [4.69, 9.17) is 4.74 Å². The Morgan fingerprint density at radius 2 is 1.69 bits per heavy atom. The van der Waals surface area contributed by atoms with Crippen LogP contribution in [0.1, 0.15) is 68.9 Å². The number of hydrogen-bond donors (Lipinski definition) is 0. The van der Waals surface area contributed by atoms with Crippen molar-refractivity contribution in [2.24, 2.45) is 5.92 Å². The molecule has 1 nitrogen and oxygen atoms in total. The third kappa shape index (κ3) is 5.06. The van der Waals surface area contributed by atoms with E-state index in [1.165, 1.54) is 62.6 Å². The van der Waals surface area contributed by atoms with E-state index in [1.807, 2.05) is 0 Å². The Kier molecular flexibility index (Phi) is 6.65. The number of hydrogen-bond acceptors (Lipinski definition) is 1. The summed E-state index contributed by atoms with van der Waals surface area (Å²) in [6.07, 6.45) is 9.30. The van der Waals surface area contributed by atoms with Gasteiger partial charge in [-0.25, -0.2) is 8.78 Å². The first kappa shape index (κ1) is 18.9. The van der Waals surface area contributed by atoms with Crippen LogP contribution in [0.2, 0.25) is 0 Å². The average molecular weight is 358 g/mol. The lowest BCUT2D eigenvalue weighted by atomic mass is 9.77. The number of rotatable bonds is 7. The molecule has 0 aromatic heterocycles. The maximum Gasteiger partial charge on any atom is 0.167 e. The Balaban J connectivity index is 1.51. The van der Waals surface area contributed by atoms with Crippen molar-refractivity contribution in [2.45, 2.75) is 64.4 Å². The number of unbranched alkanes of at least 4 members (excludes halogenated alkanes) is 1. The van der Waals surface area contributed by atoms with Crippen LogP contribution in [0.4, 0.5) is 8.78 Å². The standard InChI is InChI=1S/C23H28F2O/c1-2-3-4-17-5-9-19(10-6-17)20-11-7-18(8-12-20)16-26-23-14-13-21(24)15-22(23)25/h7-8,11-15,17,19H,2-6,9-10,16H2,1H3. The van der Waals surface area contributed by atoms with E-state index in [0.717, 1.165) is 17.5 Å². The molecule has 26 heavy (non-hydrogen) atoms. The molecule has 1 aliphatic carbocycles. The van der Waals surface area contributed by atoms with E-state index < -0.39 is 11.6 Å². The van der Waals surface area contributed by atoms with Gasteiger partial charge in [-0.15, -0.1) is 0 Å². The Morgan fingerprint density at radius 1 is 0.962 bits per heavy atom. The van der Waals surface area contributed by atoms with Crippen molar-refractivity contribution in [1.29, 1.82) is 0 Å². The third-order valence-electron chi connectivity index (χ3n) is 5.55. The van der Waals surface area contributed by atoms with Crippen molar-refractivity contribution < 1.29 is 13.5 Å². The number of halogens is 2. The number of ether oxygens (including phenoxy) is 1. The summed E-state index contributed by atoms with van der Waals surface area (Å²) in [5.74, 6) is 0.410. The number of benzene rings is 2. The van der Waals surface area contributed by atoms with Crippen molar-refractivity contribution in [3.05, 3.63) is 65.2 Å². The molecule has 0 bridgehead atoms. The monoisotopic (exact) mass is 358 g/mol. The van der Waals surface area contributed by atoms with Gasteiger partial charge in [-0.05, 0) is 60.8 Å². The van der Waals surface area contributed by atoms with Crippen LogP contribution in [0.15, 0.2) is 42.5 Å². The lowest BCUT2D eigenvalue weighted by Crippen LogP contribution is -2.13. The zero-order valence-electron chi connectivity index (χ0n) is 15.5. The van der Waals surface area contributed by atoms with Gasteiger partial charge in [-0.3, -0.25) is 0 Å². The first-order valence-electron chi connectivity index (χ1n) is 9.82. The normalized spacial score (nSPS) is 20.1. The molecule has 3 rings (SSSR count). The zero-order valence-corrected chi connectivity index (χ0v) is 15.5. The molecule has 0 saturated heterocycles. The largest absolute Gasteiger partial charge is 0.486 e. The minimum Gasteiger partial charge on any atom is -0.486 e. The molecule has 0 amide bonds. The van der Waals surface area contributed by atoms with Crippen LogP contribution in [0, 0.1) is 17.6 Å². The first-order chi connectivity index (χ1) is 12.7. The highest BCUT2D eigenvalue weighted by atomic mass is 19.1. The van der Waals surface area contributed by atoms with Crippen LogP contribution in [-0.2, 0) is 6.61 Å². The van der Waals surface area contributed by atoms with E-state index in [0.29, 0.717) is 5.92 Å². The van der Waals surface area contributed by atoms with Crippen molar-refractivity contribution in [3.8, 4) is 5.75 Å². The summed E-state index contributed by atoms with van der Waals surface area (Å²) in [6.45, 7) is 2.55. The summed E-state index contributed by atoms with van der Waals surface area (Å²) in [4.78, 5) is 0. The lowest BCUT2D eigenvalue weighted by Gasteiger charge is -2.29. The summed E-state index contributed by atoms with van der Waals surface area (Å²) < 4.78 is 32.0. The fourth-order valence-electron chi connectivity index (χ4n) is 3.92. The van der Waals surface area contributed by atoms with E-state index in [1.54, 1.807) is 0 Å². The first-order valence-corrected chi connectivity index (χ1v) is 9.82. The molecule has 0 spiro atoms. The fourth-order valence-corrected chi connectivity index (χ4v) is 3.92. The predicted octanol–water partition coefficient (Wildman–Crippen LogP) is 7.01. The van der Waals surface area contributed by atoms with Gasteiger partial charge < -0.3 is 4.74 Å². The highest BCUT2D eigenvalue weighted by molar-refractivity contribution is 5.28. The van der Waals surface area contributed by atoms with Crippen LogP contribution in [0.25, 0.3) is 0 Å². The quantitative estimate of drug-likeness (QED) is 0.517. The van der Waals surface area contributed by atoms with E-state index in [-0.39, 0.29) is 12.4 Å². The van der Waals surface area contributed by atoms with Gasteiger partial charge in [0.1, 0.15) is 12.4 Å². The second-order valence-electron chi connectivity index (χ2n) is 7.46. The summed E-state index contributed by atoms with van der Waals surface area (Å²) in [7, 11) is 0. The second-order valence-corrected chi connectivity index (χ2v) is 7.46. The van der Waals surface area contributed by atoms with Crippen molar-refractivity contribution >= 4 is 0 Å². The highest BCUT2D eigenvalue weighted by Gasteiger charge is 2.21. The summed E-state index contributed by atoms with van der Waals surface area (Å²) >= 11 is 0. The smallest absolute Gasteiger partial charge is 0.167 e. The molecule has 1 saturated carbocycles. The van der Waals surface area contributed by atoms with Crippen LogP contribution in [0.3, 0.4) is 0 Å². The van der Waals surface area contributed by atoms with E-state index in [2.05, 4.69) is 31.2 Å². The molecule has 2 aromatic rings. The molecule has 0 unspecified atom stereocenters. The SMILES string of the molecule is CCCCC1CCC(c2ccc(COc3ccc(F)cc3F)cc2)CC1. The molecule has 2 aromatic carbocycles. The molecule has 0 aliphatic heterocycles. The maximum atomic E-state index is 13.6. The van der Waals surface area contributed by atoms with Crippen molar-refractivity contribution in [1.82, 2.24) is 0 Å². The Hall–Kier alpha value is -1.90. The topological polar surface area (TPSA) is 9.23 Å². The summed E-state index contributed by atoms with van der Waals surface area (Å²) in [6, 6.07) is 11.8. The molecule has 0 heterocycles. The Labute approximate surface area is 155 Å². The molecular formula is C23H28F2O. The van der Waals surface area contributed by atoms with Gasteiger partial charge in [0.05, 0.1) is 0 Å². The van der Waals surface area contributed by atoms with Crippen LogP contribution in [0.5, 0.6) is 5.75 Å². The molecule has 140 valence electrons. The van der Waals surface area contributed by atoms with E-state index in [9.17, 15) is 8.78 Å². The van der Waals surface area contributed by atoms with Crippen molar-refractivity contribution in [3.63, 3.8) is 0 Å². The van der Waals surface area contributed by atoms with Gasteiger partial charge in [0, 0.05) is 6.07 Å². The molecule has 0 atom stereocenters. The van der Waals surface area contributed by atoms with E-state index >= 15 is 0 Å². The molecule has 0 N–H and O–H groups in total. The summed E-state index contributed by atoms with van der Waals surface area (Å²) in [5.41, 5.74) is 2.39. The molecular weight excluding hydrogens is 330 g/mol. The Morgan fingerprint density at radius 3 is 2.35 bits per heavy atom. The predicted molar refractivity (Wildman–Crippen MR) is 101 cm³/mol. The molecule has 1 aliphatic rings. The maximum absolute atomic E-state index is 13.6. The van der Waals surface area contributed by atoms with Gasteiger partial charge in [-0.2, -0.15) is 0 Å². The van der Waals surface area contributed by atoms with Gasteiger partial charge >= 0.3 is 0 Å². The molecule has 0 radical (unpaired) electrons. The van der Waals surface area contributed by atoms with Gasteiger partial charge in [0.2, 0.25) is 0 Å². The highest BCUT2D eigenvalue weighted by Crippen LogP contribution is 2.37. The lowest BCUT2D eigenvalue weighted by molar-refractivity contribution is 0.289. The third-order valence-corrected chi connectivity index (χ3v) is 5.55. The minimum atomic E-state index is -0.665. The fraction of sp³-hybridized carbons (Fsp3) is 0.478. The zero-order chi connectivity index (χ0) is 18.4. The van der Waals surface area contributed by atoms with Gasteiger partial charge in [-0.1, -0.05) is 50.5 Å².